The van der Waals surface area contributed by atoms with Crippen LogP contribution in [-0.4, -0.2) is 22.8 Å². The molecule has 0 saturated carbocycles. The van der Waals surface area contributed by atoms with Crippen molar-refractivity contribution >= 4 is 17.1 Å². The van der Waals surface area contributed by atoms with Crippen LogP contribution in [0.15, 0.2) is 0 Å². The summed E-state index contributed by atoms with van der Waals surface area (Å²) < 4.78 is 6.29. The summed E-state index contributed by atoms with van der Waals surface area (Å²) in [5, 5.41) is 0. The predicted molar refractivity (Wildman–Crippen MR) is 66.6 cm³/mol. The summed E-state index contributed by atoms with van der Waals surface area (Å²) >= 11 is 0. The van der Waals surface area contributed by atoms with E-state index in [4.69, 9.17) is 4.43 Å². The quantitative estimate of drug-likeness (QED) is 0.621. The Morgan fingerprint density at radius 1 is 1.23 bits per heavy atom. The molecule has 1 nitrogen and oxygen atoms in total. The molecule has 0 heterocycles. The van der Waals surface area contributed by atoms with Crippen molar-refractivity contribution in [2.75, 3.05) is 0 Å². The molecule has 80 valence electrons. The fourth-order valence-electron chi connectivity index (χ4n) is 1.76. The molecule has 0 aromatic heterocycles. The Kier molecular flexibility index (Phi) is 6.17. The van der Waals surface area contributed by atoms with E-state index in [0.29, 0.717) is 5.73 Å². The van der Waals surface area contributed by atoms with Gasteiger partial charge < -0.3 is 4.43 Å². The smallest absolute Gasteiger partial charge is 0.186 e. The van der Waals surface area contributed by atoms with Gasteiger partial charge in [-0.15, -0.1) is 0 Å². The first-order valence-electron chi connectivity index (χ1n) is 5.60. The molecule has 0 N–H and O–H groups in total. The molecule has 0 aliphatic carbocycles. The maximum absolute atomic E-state index is 6.29. The van der Waals surface area contributed by atoms with Crippen LogP contribution in [0.25, 0.3) is 0 Å². The van der Waals surface area contributed by atoms with Crippen molar-refractivity contribution in [3.05, 3.63) is 0 Å². The molecule has 13 heavy (non-hydrogen) atoms. The summed E-state index contributed by atoms with van der Waals surface area (Å²) in [5.74, 6) is 0. The summed E-state index contributed by atoms with van der Waals surface area (Å²) in [6.07, 6.45) is 2.49. The zero-order valence-electron chi connectivity index (χ0n) is 10.2. The molecule has 0 aromatic rings. The van der Waals surface area contributed by atoms with Gasteiger partial charge in [0.1, 0.15) is 0 Å². The Labute approximate surface area is 86.6 Å². The summed E-state index contributed by atoms with van der Waals surface area (Å²) in [6.45, 7) is 14.0. The van der Waals surface area contributed by atoms with E-state index < -0.39 is 17.1 Å². The van der Waals surface area contributed by atoms with Gasteiger partial charge in [0.15, 0.2) is 8.32 Å². The molecule has 0 aliphatic heterocycles. The first kappa shape index (κ1) is 13.4. The van der Waals surface area contributed by atoms with Gasteiger partial charge in [-0.2, -0.15) is 0 Å². The van der Waals surface area contributed by atoms with Crippen LogP contribution in [0.2, 0.25) is 32.2 Å². The topological polar surface area (TPSA) is 9.23 Å². The Balaban J connectivity index is 4.05. The molecule has 0 spiro atoms. The van der Waals surface area contributed by atoms with Crippen LogP contribution >= 0.6 is 0 Å². The highest BCUT2D eigenvalue weighted by Crippen LogP contribution is 2.18. The highest BCUT2D eigenvalue weighted by molar-refractivity contribution is 6.72. The summed E-state index contributed by atoms with van der Waals surface area (Å²) in [5.41, 5.74) is 0.619. The van der Waals surface area contributed by atoms with E-state index in [1.54, 1.807) is 0 Å². The van der Waals surface area contributed by atoms with E-state index in [9.17, 15) is 0 Å². The van der Waals surface area contributed by atoms with Crippen molar-refractivity contribution in [1.29, 1.82) is 0 Å². The van der Waals surface area contributed by atoms with Crippen molar-refractivity contribution in [3.63, 3.8) is 0 Å². The maximum atomic E-state index is 6.29. The minimum atomic E-state index is -1.32. The standard InChI is InChI=1S/C10H26OSi2/c1-7-9-13(5,6)11-10(8-2)12(3)4/h10,12H,7-9H2,1-6H3. The van der Waals surface area contributed by atoms with Gasteiger partial charge in [0.2, 0.25) is 0 Å². The van der Waals surface area contributed by atoms with Gasteiger partial charge in [0.05, 0.1) is 8.80 Å². The van der Waals surface area contributed by atoms with Gasteiger partial charge in [-0.3, -0.25) is 0 Å². The SMILES string of the molecule is CCC[Si](C)(C)OC(CC)[SiH](C)C. The van der Waals surface area contributed by atoms with Gasteiger partial charge in [-0.05, 0) is 25.6 Å². The molecule has 0 rings (SSSR count). The zero-order valence-corrected chi connectivity index (χ0v) is 12.3. The van der Waals surface area contributed by atoms with Crippen molar-refractivity contribution < 1.29 is 4.43 Å². The largest absolute Gasteiger partial charge is 0.418 e. The molecule has 0 bridgehead atoms. The Morgan fingerprint density at radius 3 is 2.08 bits per heavy atom. The summed E-state index contributed by atoms with van der Waals surface area (Å²) in [4.78, 5) is 0. The third-order valence-electron chi connectivity index (χ3n) is 2.47. The third-order valence-corrected chi connectivity index (χ3v) is 7.48. The van der Waals surface area contributed by atoms with Crippen LogP contribution in [0.5, 0.6) is 0 Å². The molecule has 0 fully saturated rings. The summed E-state index contributed by atoms with van der Waals surface area (Å²) in [7, 11) is -1.91. The highest BCUT2D eigenvalue weighted by atomic mass is 28.4. The second kappa shape index (κ2) is 5.99. The average Bonchev–Trinajstić information content (AvgIpc) is 1.99. The van der Waals surface area contributed by atoms with Gasteiger partial charge >= 0.3 is 0 Å². The molecule has 0 aromatic carbocycles. The lowest BCUT2D eigenvalue weighted by Crippen LogP contribution is -2.40. The molecule has 0 aliphatic rings. The van der Waals surface area contributed by atoms with Crippen LogP contribution in [0.1, 0.15) is 26.7 Å². The van der Waals surface area contributed by atoms with Crippen molar-refractivity contribution in [2.24, 2.45) is 0 Å². The normalized spacial score (nSPS) is 15.0. The maximum Gasteiger partial charge on any atom is 0.186 e. The van der Waals surface area contributed by atoms with Crippen LogP contribution < -0.4 is 0 Å². The molecule has 0 saturated heterocycles. The van der Waals surface area contributed by atoms with E-state index in [1.807, 2.05) is 0 Å². The minimum Gasteiger partial charge on any atom is -0.418 e. The van der Waals surface area contributed by atoms with Crippen molar-refractivity contribution in [3.8, 4) is 0 Å². The van der Waals surface area contributed by atoms with Gasteiger partial charge in [0.25, 0.3) is 0 Å². The molecular weight excluding hydrogens is 192 g/mol. The van der Waals surface area contributed by atoms with Crippen LogP contribution in [-0.2, 0) is 4.43 Å². The van der Waals surface area contributed by atoms with Crippen molar-refractivity contribution in [1.82, 2.24) is 0 Å². The molecule has 0 radical (unpaired) electrons. The number of hydrogen-bond donors (Lipinski definition) is 0. The molecule has 1 atom stereocenters. The predicted octanol–water partition coefficient (Wildman–Crippen LogP) is 3.42. The van der Waals surface area contributed by atoms with Crippen LogP contribution in [0.3, 0.4) is 0 Å². The first-order valence-corrected chi connectivity index (χ1v) is 11.7. The monoisotopic (exact) mass is 218 g/mol. The molecule has 0 amide bonds. The molecule has 3 heteroatoms. The minimum absolute atomic E-state index is 0.598. The van der Waals surface area contributed by atoms with E-state index in [1.165, 1.54) is 18.9 Å². The van der Waals surface area contributed by atoms with Crippen molar-refractivity contribution in [2.45, 2.75) is 64.6 Å². The average molecular weight is 218 g/mol. The summed E-state index contributed by atoms with van der Waals surface area (Å²) in [6, 6.07) is 1.31. The van der Waals surface area contributed by atoms with E-state index in [-0.39, 0.29) is 0 Å². The second-order valence-electron chi connectivity index (χ2n) is 4.82. The van der Waals surface area contributed by atoms with Gasteiger partial charge in [-0.25, -0.2) is 0 Å². The Bertz CT molecular complexity index is 135. The highest BCUT2D eigenvalue weighted by Gasteiger charge is 2.26. The van der Waals surface area contributed by atoms with E-state index in [0.717, 1.165) is 0 Å². The lowest BCUT2D eigenvalue weighted by atomic mass is 10.5. The van der Waals surface area contributed by atoms with Crippen LogP contribution in [0, 0.1) is 0 Å². The lowest BCUT2D eigenvalue weighted by Gasteiger charge is -2.30. The van der Waals surface area contributed by atoms with Gasteiger partial charge in [-0.1, -0.05) is 33.4 Å². The Morgan fingerprint density at radius 2 is 1.77 bits per heavy atom. The fraction of sp³-hybridized carbons (Fsp3) is 1.00. The second-order valence-corrected chi connectivity index (χ2v) is 12.3. The van der Waals surface area contributed by atoms with E-state index >= 15 is 0 Å². The number of hydrogen-bond acceptors (Lipinski definition) is 1. The fourth-order valence-corrected chi connectivity index (χ4v) is 7.21. The Hall–Kier alpha value is 0.394. The zero-order chi connectivity index (χ0) is 10.5. The first-order chi connectivity index (χ1) is 5.93. The van der Waals surface area contributed by atoms with Crippen LogP contribution in [0.4, 0.5) is 0 Å². The number of rotatable bonds is 6. The molecular formula is C10H26OSi2. The van der Waals surface area contributed by atoms with Gasteiger partial charge in [0, 0.05) is 5.73 Å². The molecule has 1 unspecified atom stereocenters. The van der Waals surface area contributed by atoms with E-state index in [2.05, 4.69) is 40.0 Å². The third kappa shape index (κ3) is 5.65. The lowest BCUT2D eigenvalue weighted by molar-refractivity contribution is 0.258.